The van der Waals surface area contributed by atoms with Gasteiger partial charge < -0.3 is 9.47 Å². The van der Waals surface area contributed by atoms with Crippen LogP contribution in [-0.4, -0.2) is 38.9 Å². The predicted molar refractivity (Wildman–Crippen MR) is 126 cm³/mol. The first kappa shape index (κ1) is 23.8. The number of sulfonamides is 1. The molecule has 1 aliphatic carbocycles. The summed E-state index contributed by atoms with van der Waals surface area (Å²) in [5, 5.41) is 0. The minimum atomic E-state index is -3.96. The second-order valence-electron chi connectivity index (χ2n) is 8.57. The Morgan fingerprint density at radius 1 is 0.853 bits per heavy atom. The molecule has 0 spiro atoms. The van der Waals surface area contributed by atoms with E-state index in [1.807, 2.05) is 37.3 Å². The number of carbonyl (C=O) groups is 2. The van der Waals surface area contributed by atoms with Crippen molar-refractivity contribution in [3.05, 3.63) is 88.6 Å². The molecule has 8 heteroatoms. The van der Waals surface area contributed by atoms with Gasteiger partial charge in [0, 0.05) is 12.1 Å². The van der Waals surface area contributed by atoms with Gasteiger partial charge in [0.1, 0.15) is 0 Å². The van der Waals surface area contributed by atoms with E-state index in [0.717, 1.165) is 16.7 Å². The van der Waals surface area contributed by atoms with Gasteiger partial charge in [-0.25, -0.2) is 8.42 Å². The van der Waals surface area contributed by atoms with Crippen molar-refractivity contribution in [2.24, 2.45) is 5.41 Å². The number of rotatable bonds is 5. The number of methoxy groups -OCH3 is 2. The number of nitrogens with zero attached hydrogens (tertiary/aromatic N) is 1. The molecule has 4 rings (SSSR count). The normalized spacial score (nSPS) is 19.6. The fraction of sp³-hybridized carbons (Fsp3) is 0.308. The van der Waals surface area contributed by atoms with Gasteiger partial charge in [0.15, 0.2) is 5.41 Å². The Kier molecular flexibility index (Phi) is 6.12. The van der Waals surface area contributed by atoms with Crippen molar-refractivity contribution in [2.45, 2.75) is 37.6 Å². The molecule has 0 amide bonds. The second kappa shape index (κ2) is 8.76. The van der Waals surface area contributed by atoms with Gasteiger partial charge in [0.25, 0.3) is 10.0 Å². The molecule has 7 nitrogen and oxygen atoms in total. The van der Waals surface area contributed by atoms with E-state index in [2.05, 4.69) is 0 Å². The summed E-state index contributed by atoms with van der Waals surface area (Å²) in [6, 6.07) is 17.0. The fourth-order valence-electron chi connectivity index (χ4n) is 5.08. The maximum atomic E-state index is 13.9. The minimum absolute atomic E-state index is 0.00712. The molecule has 34 heavy (non-hydrogen) atoms. The molecule has 0 bridgehead atoms. The SMILES string of the molecule is COC(=O)C1(C(=O)OC)CC2=C(C)C(c3ccccc3)N(S(=O)(=O)c3ccccc3)C(C)=C2C1. The third kappa shape index (κ3) is 3.53. The van der Waals surface area contributed by atoms with Gasteiger partial charge in [-0.2, -0.15) is 0 Å². The van der Waals surface area contributed by atoms with E-state index in [9.17, 15) is 18.0 Å². The van der Waals surface area contributed by atoms with E-state index in [0.29, 0.717) is 11.3 Å². The van der Waals surface area contributed by atoms with Gasteiger partial charge in [0.2, 0.25) is 0 Å². The second-order valence-corrected chi connectivity index (χ2v) is 10.4. The number of hydrogen-bond donors (Lipinski definition) is 0. The van der Waals surface area contributed by atoms with Crippen molar-refractivity contribution < 1.29 is 27.5 Å². The van der Waals surface area contributed by atoms with Crippen LogP contribution in [0.3, 0.4) is 0 Å². The number of fused-ring (bicyclic) bond motifs is 1. The Hall–Kier alpha value is -3.39. The van der Waals surface area contributed by atoms with Gasteiger partial charge in [-0.05, 0) is 54.7 Å². The van der Waals surface area contributed by atoms with Crippen molar-refractivity contribution in [3.8, 4) is 0 Å². The average molecular weight is 482 g/mol. The van der Waals surface area contributed by atoms with Crippen LogP contribution in [0, 0.1) is 5.41 Å². The molecule has 0 saturated heterocycles. The number of carbonyl (C=O) groups excluding carboxylic acids is 2. The lowest BCUT2D eigenvalue weighted by atomic mass is 9.85. The van der Waals surface area contributed by atoms with E-state index in [4.69, 9.17) is 9.47 Å². The van der Waals surface area contributed by atoms with Crippen molar-refractivity contribution in [3.63, 3.8) is 0 Å². The Morgan fingerprint density at radius 2 is 1.35 bits per heavy atom. The molecular formula is C26H27NO6S. The molecule has 178 valence electrons. The van der Waals surface area contributed by atoms with Crippen LogP contribution < -0.4 is 0 Å². The van der Waals surface area contributed by atoms with Crippen molar-refractivity contribution in [2.75, 3.05) is 14.2 Å². The average Bonchev–Trinajstić information content (AvgIpc) is 3.29. The van der Waals surface area contributed by atoms with Gasteiger partial charge >= 0.3 is 11.9 Å². The molecular weight excluding hydrogens is 454 g/mol. The molecule has 0 radical (unpaired) electrons. The zero-order valence-corrected chi connectivity index (χ0v) is 20.4. The van der Waals surface area contributed by atoms with Crippen molar-refractivity contribution in [1.29, 1.82) is 0 Å². The Labute approximate surface area is 199 Å². The summed E-state index contributed by atoms with van der Waals surface area (Å²) >= 11 is 0. The Balaban J connectivity index is 1.98. The zero-order valence-electron chi connectivity index (χ0n) is 19.6. The van der Waals surface area contributed by atoms with Crippen molar-refractivity contribution >= 4 is 22.0 Å². The summed E-state index contributed by atoms with van der Waals surface area (Å²) in [5.74, 6) is -1.38. The summed E-state index contributed by atoms with van der Waals surface area (Å²) in [6.07, 6.45) is 0.0978. The predicted octanol–water partition coefficient (Wildman–Crippen LogP) is 4.15. The highest BCUT2D eigenvalue weighted by Gasteiger charge is 2.57. The molecule has 0 N–H and O–H groups in total. The maximum Gasteiger partial charge on any atom is 0.323 e. The van der Waals surface area contributed by atoms with Gasteiger partial charge in [-0.1, -0.05) is 48.5 Å². The van der Waals surface area contributed by atoms with E-state index in [-0.39, 0.29) is 17.7 Å². The van der Waals surface area contributed by atoms with Crippen LogP contribution in [0.4, 0.5) is 0 Å². The molecule has 1 atom stereocenters. The van der Waals surface area contributed by atoms with Crippen LogP contribution in [0.25, 0.3) is 0 Å². The van der Waals surface area contributed by atoms with E-state index < -0.39 is 33.4 Å². The molecule has 1 aliphatic heterocycles. The highest BCUT2D eigenvalue weighted by atomic mass is 32.2. The van der Waals surface area contributed by atoms with Crippen molar-refractivity contribution in [1.82, 2.24) is 4.31 Å². The molecule has 1 unspecified atom stereocenters. The zero-order chi connectivity index (χ0) is 24.7. The summed E-state index contributed by atoms with van der Waals surface area (Å²) in [7, 11) is -1.49. The largest absolute Gasteiger partial charge is 0.468 e. The molecule has 0 aromatic heterocycles. The summed E-state index contributed by atoms with van der Waals surface area (Å²) in [6.45, 7) is 3.58. The summed E-state index contributed by atoms with van der Waals surface area (Å²) in [5.41, 5.74) is 1.93. The van der Waals surface area contributed by atoms with Crippen LogP contribution in [0.1, 0.15) is 38.3 Å². The number of ether oxygens (including phenoxy) is 2. The van der Waals surface area contributed by atoms with Crippen LogP contribution >= 0.6 is 0 Å². The molecule has 2 aromatic carbocycles. The standard InChI is InChI=1S/C26H27NO6S/c1-17-21-15-26(24(28)32-3,25(29)33-4)16-22(21)18(2)27(23(17)19-11-7-5-8-12-19)34(30,31)20-13-9-6-10-14-20/h5-14,23H,15-16H2,1-4H3. The maximum absolute atomic E-state index is 13.9. The smallest absolute Gasteiger partial charge is 0.323 e. The molecule has 2 aromatic rings. The van der Waals surface area contributed by atoms with Crippen LogP contribution in [0.2, 0.25) is 0 Å². The Morgan fingerprint density at radius 3 is 1.88 bits per heavy atom. The summed E-state index contributed by atoms with van der Waals surface area (Å²) < 4.78 is 39.3. The van der Waals surface area contributed by atoms with Gasteiger partial charge in [-0.15, -0.1) is 0 Å². The first-order chi connectivity index (χ1) is 16.2. The fourth-order valence-corrected chi connectivity index (χ4v) is 6.84. The lowest BCUT2D eigenvalue weighted by molar-refractivity contribution is -0.168. The summed E-state index contributed by atoms with van der Waals surface area (Å²) in [4.78, 5) is 25.9. The number of esters is 2. The Bertz CT molecular complexity index is 1280. The van der Waals surface area contributed by atoms with Crippen LogP contribution in [-0.2, 0) is 29.1 Å². The van der Waals surface area contributed by atoms with Crippen LogP contribution in [0.5, 0.6) is 0 Å². The van der Waals surface area contributed by atoms with Gasteiger partial charge in [0.05, 0.1) is 25.2 Å². The number of benzene rings is 2. The molecule has 2 aliphatic rings. The van der Waals surface area contributed by atoms with Crippen LogP contribution in [0.15, 0.2) is 88.0 Å². The first-order valence-electron chi connectivity index (χ1n) is 10.9. The van der Waals surface area contributed by atoms with Gasteiger partial charge in [-0.3, -0.25) is 13.9 Å². The third-order valence-corrected chi connectivity index (χ3v) is 8.65. The molecule has 1 fully saturated rings. The lowest BCUT2D eigenvalue weighted by Gasteiger charge is -2.39. The van der Waals surface area contributed by atoms with E-state index >= 15 is 0 Å². The lowest BCUT2D eigenvalue weighted by Crippen LogP contribution is -2.39. The topological polar surface area (TPSA) is 90.0 Å². The highest BCUT2D eigenvalue weighted by Crippen LogP contribution is 2.55. The number of allylic oxidation sites excluding steroid dienone is 3. The monoisotopic (exact) mass is 481 g/mol. The number of hydrogen-bond acceptors (Lipinski definition) is 6. The highest BCUT2D eigenvalue weighted by molar-refractivity contribution is 7.89. The van der Waals surface area contributed by atoms with E-state index in [1.54, 1.807) is 37.3 Å². The third-order valence-electron chi connectivity index (χ3n) is 6.78. The quantitative estimate of drug-likeness (QED) is 0.471. The molecule has 1 heterocycles. The first-order valence-corrected chi connectivity index (χ1v) is 12.3. The van der Waals surface area contributed by atoms with E-state index in [1.165, 1.54) is 18.5 Å². The minimum Gasteiger partial charge on any atom is -0.468 e. The molecule has 1 saturated carbocycles.